The minimum atomic E-state index is 0. The second-order valence-corrected chi connectivity index (χ2v) is 6.29. The van der Waals surface area contributed by atoms with E-state index in [4.69, 9.17) is 4.98 Å². The molecule has 0 aromatic carbocycles. The Morgan fingerprint density at radius 3 is 2.55 bits per heavy atom. The number of hydrogen-bond acceptors (Lipinski definition) is 5. The first-order valence-electron chi connectivity index (χ1n) is 6.88. The zero-order valence-electron chi connectivity index (χ0n) is 12.2. The number of likely N-dealkylation sites (N-methyl/N-ethyl adjacent to an activating group) is 1. The number of hydrogen-bond donors (Lipinski definition) is 0. The van der Waals surface area contributed by atoms with Crippen molar-refractivity contribution in [1.82, 2.24) is 14.9 Å². The molecule has 1 aliphatic rings. The van der Waals surface area contributed by atoms with E-state index in [1.807, 2.05) is 6.92 Å². The van der Waals surface area contributed by atoms with Gasteiger partial charge in [-0.2, -0.15) is 0 Å². The van der Waals surface area contributed by atoms with E-state index >= 15 is 0 Å². The Bertz CT molecular complexity index is 590. The Morgan fingerprint density at radius 2 is 1.90 bits per heavy atom. The van der Waals surface area contributed by atoms with Crippen LogP contribution in [0.2, 0.25) is 0 Å². The third kappa shape index (κ3) is 2.90. The summed E-state index contributed by atoms with van der Waals surface area (Å²) in [5.41, 5.74) is 0. The van der Waals surface area contributed by atoms with Crippen molar-refractivity contribution in [2.45, 2.75) is 20.3 Å². The highest BCUT2D eigenvalue weighted by Gasteiger charge is 2.19. The van der Waals surface area contributed by atoms with Crippen molar-refractivity contribution in [1.29, 1.82) is 0 Å². The molecule has 2 aromatic heterocycles. The van der Waals surface area contributed by atoms with Crippen molar-refractivity contribution in [3.05, 3.63) is 16.8 Å². The Morgan fingerprint density at radius 1 is 1.20 bits per heavy atom. The number of thiophene rings is 1. The molecule has 3 rings (SSSR count). The molecule has 3 heterocycles. The normalized spacial score (nSPS) is 16.4. The number of halogens is 1. The molecule has 0 aliphatic carbocycles. The topological polar surface area (TPSA) is 32.3 Å². The van der Waals surface area contributed by atoms with Gasteiger partial charge in [0.05, 0.1) is 5.39 Å². The van der Waals surface area contributed by atoms with Crippen LogP contribution in [0.3, 0.4) is 0 Å². The molecule has 20 heavy (non-hydrogen) atoms. The first-order chi connectivity index (χ1) is 9.17. The molecule has 0 atom stereocenters. The fraction of sp³-hybridized carbons (Fsp3) is 0.571. The first-order valence-corrected chi connectivity index (χ1v) is 7.69. The van der Waals surface area contributed by atoms with E-state index in [1.54, 1.807) is 11.3 Å². The Kier molecular flexibility index (Phi) is 4.83. The van der Waals surface area contributed by atoms with Gasteiger partial charge in [-0.05, 0) is 26.5 Å². The second-order valence-electron chi connectivity index (χ2n) is 5.17. The maximum atomic E-state index is 4.70. The Balaban J connectivity index is 0.00000147. The van der Waals surface area contributed by atoms with Gasteiger partial charge in [0.25, 0.3) is 0 Å². The molecule has 0 spiro atoms. The van der Waals surface area contributed by atoms with Crippen LogP contribution < -0.4 is 4.90 Å². The molecule has 110 valence electrons. The predicted octanol–water partition coefficient (Wildman–Crippen LogP) is 2.74. The van der Waals surface area contributed by atoms with Crippen molar-refractivity contribution in [2.24, 2.45) is 0 Å². The van der Waals surface area contributed by atoms with Crippen molar-refractivity contribution in [3.63, 3.8) is 0 Å². The van der Waals surface area contributed by atoms with Gasteiger partial charge < -0.3 is 9.80 Å². The number of fused-ring (bicyclic) bond motifs is 1. The predicted molar refractivity (Wildman–Crippen MR) is 88.5 cm³/mol. The van der Waals surface area contributed by atoms with Gasteiger partial charge in [0.1, 0.15) is 16.5 Å². The molecule has 0 bridgehead atoms. The van der Waals surface area contributed by atoms with Crippen LogP contribution in [0.1, 0.15) is 17.6 Å². The third-order valence-electron chi connectivity index (χ3n) is 3.69. The quantitative estimate of drug-likeness (QED) is 0.853. The molecule has 1 fully saturated rings. The van der Waals surface area contributed by atoms with Crippen LogP contribution >= 0.6 is 23.7 Å². The summed E-state index contributed by atoms with van der Waals surface area (Å²) in [7, 11) is 2.18. The number of aryl methyl sites for hydroxylation is 2. The van der Waals surface area contributed by atoms with Crippen molar-refractivity contribution < 1.29 is 0 Å². The molecule has 0 unspecified atom stereocenters. The van der Waals surface area contributed by atoms with E-state index in [1.165, 1.54) is 10.3 Å². The summed E-state index contributed by atoms with van der Waals surface area (Å²) >= 11 is 1.80. The summed E-state index contributed by atoms with van der Waals surface area (Å²) in [6.07, 6.45) is 1.07. The van der Waals surface area contributed by atoms with Crippen molar-refractivity contribution in [3.8, 4) is 0 Å². The minimum Gasteiger partial charge on any atom is -0.353 e. The molecule has 2 aromatic rings. The van der Waals surface area contributed by atoms with Gasteiger partial charge >= 0.3 is 0 Å². The monoisotopic (exact) mass is 312 g/mol. The standard InChI is InChI=1S/C14H20N4S.ClH/c1-4-11-9-12-13(15-10(2)16-14(12)19-11)18-7-5-17(3)6-8-18;/h9H,4-8H2,1-3H3;1H. The lowest BCUT2D eigenvalue weighted by Crippen LogP contribution is -2.44. The van der Waals surface area contributed by atoms with Gasteiger partial charge in [-0.1, -0.05) is 6.92 Å². The van der Waals surface area contributed by atoms with Gasteiger partial charge in [-0.15, -0.1) is 23.7 Å². The van der Waals surface area contributed by atoms with Crippen LogP contribution in [-0.4, -0.2) is 48.1 Å². The zero-order chi connectivity index (χ0) is 13.4. The Labute approximate surface area is 130 Å². The zero-order valence-corrected chi connectivity index (χ0v) is 13.9. The number of nitrogens with zero attached hydrogens (tertiary/aromatic N) is 4. The van der Waals surface area contributed by atoms with Gasteiger partial charge in [0, 0.05) is 31.1 Å². The van der Waals surface area contributed by atoms with Crippen LogP contribution in [0.5, 0.6) is 0 Å². The largest absolute Gasteiger partial charge is 0.353 e. The molecule has 1 saturated heterocycles. The van der Waals surface area contributed by atoms with Gasteiger partial charge in [-0.3, -0.25) is 0 Å². The molecule has 6 heteroatoms. The van der Waals surface area contributed by atoms with Gasteiger partial charge in [-0.25, -0.2) is 9.97 Å². The van der Waals surface area contributed by atoms with Crippen LogP contribution in [0.4, 0.5) is 5.82 Å². The lowest BCUT2D eigenvalue weighted by Gasteiger charge is -2.33. The number of rotatable bonds is 2. The molecule has 1 aliphatic heterocycles. The molecular weight excluding hydrogens is 292 g/mol. The van der Waals surface area contributed by atoms with Crippen LogP contribution in [0.25, 0.3) is 10.2 Å². The van der Waals surface area contributed by atoms with E-state index in [0.717, 1.165) is 49.1 Å². The van der Waals surface area contributed by atoms with Crippen molar-refractivity contribution >= 4 is 39.8 Å². The molecule has 0 amide bonds. The van der Waals surface area contributed by atoms with Crippen LogP contribution in [0, 0.1) is 6.92 Å². The molecular formula is C14H21ClN4S. The summed E-state index contributed by atoms with van der Waals surface area (Å²) < 4.78 is 0. The number of aromatic nitrogens is 2. The van der Waals surface area contributed by atoms with E-state index in [9.17, 15) is 0 Å². The van der Waals surface area contributed by atoms with Crippen LogP contribution in [0.15, 0.2) is 6.07 Å². The third-order valence-corrected chi connectivity index (χ3v) is 4.86. The summed E-state index contributed by atoms with van der Waals surface area (Å²) in [4.78, 5) is 16.6. The molecule has 4 nitrogen and oxygen atoms in total. The SMILES string of the molecule is CCc1cc2c(N3CCN(C)CC3)nc(C)nc2s1.Cl. The number of anilines is 1. The van der Waals surface area contributed by atoms with E-state index < -0.39 is 0 Å². The van der Waals surface area contributed by atoms with E-state index in [0.29, 0.717) is 0 Å². The molecule has 0 radical (unpaired) electrons. The summed E-state index contributed by atoms with van der Waals surface area (Å²) in [5, 5.41) is 1.23. The Hall–Kier alpha value is -0.910. The fourth-order valence-electron chi connectivity index (χ4n) is 2.49. The van der Waals surface area contributed by atoms with Gasteiger partial charge in [0.2, 0.25) is 0 Å². The average Bonchev–Trinajstić information content (AvgIpc) is 2.81. The average molecular weight is 313 g/mol. The highest BCUT2D eigenvalue weighted by atomic mass is 35.5. The lowest BCUT2D eigenvalue weighted by molar-refractivity contribution is 0.312. The van der Waals surface area contributed by atoms with Crippen molar-refractivity contribution in [2.75, 3.05) is 38.1 Å². The first kappa shape index (κ1) is 15.5. The molecule has 0 saturated carbocycles. The molecule has 0 N–H and O–H groups in total. The van der Waals surface area contributed by atoms with Crippen LogP contribution in [-0.2, 0) is 6.42 Å². The minimum absolute atomic E-state index is 0. The van der Waals surface area contributed by atoms with E-state index in [2.05, 4.69) is 34.8 Å². The van der Waals surface area contributed by atoms with Gasteiger partial charge in [0.15, 0.2) is 0 Å². The highest BCUT2D eigenvalue weighted by molar-refractivity contribution is 7.18. The summed E-state index contributed by atoms with van der Waals surface area (Å²) in [5.74, 6) is 2.01. The summed E-state index contributed by atoms with van der Waals surface area (Å²) in [6, 6.07) is 2.27. The fourth-order valence-corrected chi connectivity index (χ4v) is 3.50. The lowest BCUT2D eigenvalue weighted by atomic mass is 10.2. The maximum absolute atomic E-state index is 4.70. The number of piperazine rings is 1. The van der Waals surface area contributed by atoms with E-state index in [-0.39, 0.29) is 12.4 Å². The highest BCUT2D eigenvalue weighted by Crippen LogP contribution is 2.31. The summed E-state index contributed by atoms with van der Waals surface area (Å²) in [6.45, 7) is 8.51. The smallest absolute Gasteiger partial charge is 0.141 e. The second kappa shape index (κ2) is 6.24. The maximum Gasteiger partial charge on any atom is 0.141 e.